The molecule has 0 aliphatic carbocycles. The Bertz CT molecular complexity index is 854. The van der Waals surface area contributed by atoms with Gasteiger partial charge in [0.1, 0.15) is 12.2 Å². The first-order chi connectivity index (χ1) is 16.1. The van der Waals surface area contributed by atoms with Crippen molar-refractivity contribution in [2.75, 3.05) is 13.1 Å². The molecule has 0 aromatic heterocycles. The lowest BCUT2D eigenvalue weighted by Gasteiger charge is -2.35. The molecule has 0 aliphatic rings. The zero-order valence-corrected chi connectivity index (χ0v) is 24.2. The summed E-state index contributed by atoms with van der Waals surface area (Å²) in [5, 5.41) is 3.19. The lowest BCUT2D eigenvalue weighted by Crippen LogP contribution is -2.50. The number of hydrogen-bond donors (Lipinski definition) is 1. The maximum atomic E-state index is 12.9. The van der Waals surface area contributed by atoms with E-state index in [1.165, 1.54) is 0 Å². The number of benzene rings is 1. The smallest absolute Gasteiger partial charge is 0.410 e. The van der Waals surface area contributed by atoms with Gasteiger partial charge in [-0.3, -0.25) is 0 Å². The molecule has 1 N–H and O–H groups in total. The van der Waals surface area contributed by atoms with Crippen LogP contribution in [0.4, 0.5) is 9.59 Å². The van der Waals surface area contributed by atoms with Crippen LogP contribution in [0.3, 0.4) is 0 Å². The van der Waals surface area contributed by atoms with E-state index in [0.29, 0.717) is 6.54 Å². The fourth-order valence-electron chi connectivity index (χ4n) is 3.01. The molecule has 0 bridgehead atoms. The Hall–Kier alpha value is -2.54. The minimum Gasteiger partial charge on any atom is -0.445 e. The van der Waals surface area contributed by atoms with Crippen LogP contribution in [-0.2, 0) is 16.1 Å². The molecule has 1 rings (SSSR count). The molecule has 1 aromatic rings. The number of carbonyl (C=O) groups excluding carboxylic acids is 2. The van der Waals surface area contributed by atoms with Crippen LogP contribution in [0.5, 0.6) is 0 Å². The molecule has 196 valence electrons. The molecule has 0 aliphatic heterocycles. The molecule has 0 fully saturated rings. The van der Waals surface area contributed by atoms with E-state index < -0.39 is 25.9 Å². The van der Waals surface area contributed by atoms with Gasteiger partial charge in [-0.1, -0.05) is 89.0 Å². The number of alkyl carbamates (subject to hydrolysis) is 1. The predicted molar refractivity (Wildman–Crippen MR) is 147 cm³/mol. The standard InChI is InChI=1S/C28H46N2O4Si/c1-11-18-30(26(32)33-21-23-15-13-12-14-16-23)20-24(29-25(31)34-27(3,4)5)22(2)17-19-35(9,10)28(6,7)8/h11-17,19,22,24H,1,18,20-21H2,2-10H3,(H,29,31)/t22-,24+/m0/s1. The van der Waals surface area contributed by atoms with Crippen molar-refractivity contribution >= 4 is 20.3 Å². The van der Waals surface area contributed by atoms with Crippen LogP contribution in [0.1, 0.15) is 54.0 Å². The highest BCUT2D eigenvalue weighted by molar-refractivity contribution is 6.84. The van der Waals surface area contributed by atoms with Crippen molar-refractivity contribution in [2.45, 2.75) is 84.8 Å². The highest BCUT2D eigenvalue weighted by Crippen LogP contribution is 2.37. The minimum absolute atomic E-state index is 0.0362. The quantitative estimate of drug-likeness (QED) is 0.278. The molecule has 7 heteroatoms. The van der Waals surface area contributed by atoms with E-state index >= 15 is 0 Å². The van der Waals surface area contributed by atoms with Gasteiger partial charge in [-0.25, -0.2) is 9.59 Å². The molecule has 0 heterocycles. The normalized spacial score (nSPS) is 14.2. The summed E-state index contributed by atoms with van der Waals surface area (Å²) >= 11 is 0. The number of amides is 2. The van der Waals surface area contributed by atoms with Crippen molar-refractivity contribution in [1.82, 2.24) is 10.2 Å². The average molecular weight is 503 g/mol. The SMILES string of the molecule is C=CCN(C[C@@H](NC(=O)OC(C)(C)C)[C@@H](C)C=C[Si](C)(C)C(C)(C)C)C(=O)OCc1ccccc1. The van der Waals surface area contributed by atoms with Crippen molar-refractivity contribution in [3.8, 4) is 0 Å². The second kappa shape index (κ2) is 13.0. The van der Waals surface area contributed by atoms with Gasteiger partial charge in [-0.15, -0.1) is 6.58 Å². The maximum Gasteiger partial charge on any atom is 0.410 e. The summed E-state index contributed by atoms with van der Waals surface area (Å²) in [6.45, 7) is 23.5. The summed E-state index contributed by atoms with van der Waals surface area (Å²) in [6, 6.07) is 9.18. The van der Waals surface area contributed by atoms with Crippen LogP contribution in [0, 0.1) is 5.92 Å². The second-order valence-electron chi connectivity index (χ2n) is 11.7. The number of nitrogens with one attached hydrogen (secondary N) is 1. The summed E-state index contributed by atoms with van der Waals surface area (Å²) in [5.74, 6) is -0.0362. The molecule has 6 nitrogen and oxygen atoms in total. The van der Waals surface area contributed by atoms with E-state index in [2.05, 4.69) is 57.5 Å². The molecule has 0 saturated carbocycles. The van der Waals surface area contributed by atoms with Gasteiger partial charge in [0.05, 0.1) is 14.1 Å². The lowest BCUT2D eigenvalue weighted by molar-refractivity contribution is 0.0468. The fraction of sp³-hybridized carbons (Fsp3) is 0.571. The van der Waals surface area contributed by atoms with Gasteiger partial charge in [0.25, 0.3) is 0 Å². The van der Waals surface area contributed by atoms with Crippen LogP contribution >= 0.6 is 0 Å². The van der Waals surface area contributed by atoms with Crippen LogP contribution in [-0.4, -0.2) is 49.9 Å². The summed E-state index contributed by atoms with van der Waals surface area (Å²) in [4.78, 5) is 27.1. The highest BCUT2D eigenvalue weighted by Gasteiger charge is 2.33. The van der Waals surface area contributed by atoms with Gasteiger partial charge in [0.2, 0.25) is 0 Å². The summed E-state index contributed by atoms with van der Waals surface area (Å²) in [5.41, 5.74) is 2.62. The zero-order valence-electron chi connectivity index (χ0n) is 23.2. The van der Waals surface area contributed by atoms with E-state index in [9.17, 15) is 9.59 Å². The lowest BCUT2D eigenvalue weighted by atomic mass is 10.0. The summed E-state index contributed by atoms with van der Waals surface area (Å²) in [7, 11) is -1.66. The van der Waals surface area contributed by atoms with E-state index in [-0.39, 0.29) is 30.1 Å². The Balaban J connectivity index is 3.07. The van der Waals surface area contributed by atoms with Crippen molar-refractivity contribution in [2.24, 2.45) is 5.92 Å². The number of hydrogen-bond acceptors (Lipinski definition) is 4. The first-order valence-electron chi connectivity index (χ1n) is 12.3. The molecular formula is C28H46N2O4Si. The zero-order chi connectivity index (χ0) is 26.9. The minimum atomic E-state index is -1.66. The first kappa shape index (κ1) is 30.5. The number of ether oxygens (including phenoxy) is 2. The van der Waals surface area contributed by atoms with Crippen LogP contribution in [0.2, 0.25) is 18.1 Å². The molecule has 1 aromatic carbocycles. The van der Waals surface area contributed by atoms with Crippen LogP contribution < -0.4 is 5.32 Å². The molecular weight excluding hydrogens is 456 g/mol. The van der Waals surface area contributed by atoms with Crippen molar-refractivity contribution in [3.63, 3.8) is 0 Å². The molecule has 0 saturated heterocycles. The van der Waals surface area contributed by atoms with Crippen molar-refractivity contribution in [1.29, 1.82) is 0 Å². The average Bonchev–Trinajstić information content (AvgIpc) is 2.73. The Morgan fingerprint density at radius 3 is 2.23 bits per heavy atom. The second-order valence-corrected chi connectivity index (χ2v) is 17.0. The van der Waals surface area contributed by atoms with E-state index in [1.54, 1.807) is 11.0 Å². The number of nitrogens with zero attached hydrogens (tertiary/aromatic N) is 1. The maximum absolute atomic E-state index is 12.9. The Kier molecular flexibility index (Phi) is 11.3. The van der Waals surface area contributed by atoms with Gasteiger partial charge in [0, 0.05) is 13.1 Å². The molecule has 2 amide bonds. The van der Waals surface area contributed by atoms with Gasteiger partial charge in [0.15, 0.2) is 0 Å². The monoisotopic (exact) mass is 502 g/mol. The van der Waals surface area contributed by atoms with E-state index in [1.807, 2.05) is 58.0 Å². The van der Waals surface area contributed by atoms with Crippen molar-refractivity contribution in [3.05, 3.63) is 60.3 Å². The number of carbonyl (C=O) groups is 2. The predicted octanol–water partition coefficient (Wildman–Crippen LogP) is 6.94. The molecule has 0 unspecified atom stereocenters. The Morgan fingerprint density at radius 1 is 1.11 bits per heavy atom. The van der Waals surface area contributed by atoms with Gasteiger partial charge < -0.3 is 19.7 Å². The highest BCUT2D eigenvalue weighted by atomic mass is 28.3. The molecule has 35 heavy (non-hydrogen) atoms. The van der Waals surface area contributed by atoms with Gasteiger partial charge >= 0.3 is 12.2 Å². The van der Waals surface area contributed by atoms with Gasteiger partial charge in [-0.2, -0.15) is 0 Å². The summed E-state index contributed by atoms with van der Waals surface area (Å²) in [6.07, 6.45) is 2.86. The Labute approximate surface area is 213 Å². The van der Waals surface area contributed by atoms with Crippen LogP contribution in [0.25, 0.3) is 0 Å². The largest absolute Gasteiger partial charge is 0.445 e. The molecule has 2 atom stereocenters. The third kappa shape index (κ3) is 11.2. The Morgan fingerprint density at radius 2 is 1.71 bits per heavy atom. The molecule has 0 radical (unpaired) electrons. The van der Waals surface area contributed by atoms with Crippen LogP contribution in [0.15, 0.2) is 54.8 Å². The third-order valence-corrected chi connectivity index (χ3v) is 11.2. The van der Waals surface area contributed by atoms with Gasteiger partial charge in [-0.05, 0) is 37.3 Å². The molecule has 0 spiro atoms. The van der Waals surface area contributed by atoms with E-state index in [0.717, 1.165) is 5.56 Å². The van der Waals surface area contributed by atoms with Crippen molar-refractivity contribution < 1.29 is 19.1 Å². The topological polar surface area (TPSA) is 67.9 Å². The first-order valence-corrected chi connectivity index (χ1v) is 15.4. The number of rotatable bonds is 10. The third-order valence-electron chi connectivity index (χ3n) is 6.32. The summed E-state index contributed by atoms with van der Waals surface area (Å²) < 4.78 is 11.1. The fourth-order valence-corrected chi connectivity index (χ4v) is 4.29. The van der Waals surface area contributed by atoms with E-state index in [4.69, 9.17) is 9.47 Å².